The van der Waals surface area contributed by atoms with Gasteiger partial charge in [0.2, 0.25) is 0 Å². The van der Waals surface area contributed by atoms with E-state index in [4.69, 9.17) is 11.6 Å². The van der Waals surface area contributed by atoms with Crippen molar-refractivity contribution in [3.05, 3.63) is 34.9 Å². The predicted octanol–water partition coefficient (Wildman–Crippen LogP) is 2.38. The Hall–Kier alpha value is -0.570. The Labute approximate surface area is 103 Å². The Kier molecular flexibility index (Phi) is 4.22. The first kappa shape index (κ1) is 11.9. The van der Waals surface area contributed by atoms with E-state index < -0.39 is 0 Å². The lowest BCUT2D eigenvalue weighted by Gasteiger charge is -2.11. The monoisotopic (exact) mass is 238 g/mol. The van der Waals surface area contributed by atoms with Crippen LogP contribution in [0.4, 0.5) is 0 Å². The largest absolute Gasteiger partial charge is 0.312 e. The van der Waals surface area contributed by atoms with Gasteiger partial charge in [-0.1, -0.05) is 23.7 Å². The molecule has 0 bridgehead atoms. The molecule has 1 aromatic carbocycles. The fraction of sp³-hybridized carbons (Fsp3) is 0.538. The number of halogens is 1. The third-order valence-electron chi connectivity index (χ3n) is 3.14. The lowest BCUT2D eigenvalue weighted by molar-refractivity contribution is 0.388. The lowest BCUT2D eigenvalue weighted by Crippen LogP contribution is -2.24. The van der Waals surface area contributed by atoms with Gasteiger partial charge in [-0.3, -0.25) is 0 Å². The van der Waals surface area contributed by atoms with Crippen molar-refractivity contribution in [1.29, 1.82) is 0 Å². The molecule has 0 amide bonds. The van der Waals surface area contributed by atoms with E-state index >= 15 is 0 Å². The van der Waals surface area contributed by atoms with E-state index in [1.165, 1.54) is 25.1 Å². The molecule has 1 atom stereocenters. The van der Waals surface area contributed by atoms with Gasteiger partial charge in [0.15, 0.2) is 0 Å². The van der Waals surface area contributed by atoms with Gasteiger partial charge in [0.05, 0.1) is 0 Å². The van der Waals surface area contributed by atoms with Crippen LogP contribution in [0, 0.1) is 5.92 Å². The molecular formula is C13H19ClN2. The summed E-state index contributed by atoms with van der Waals surface area (Å²) in [7, 11) is 2.19. The number of rotatable bonds is 4. The molecule has 2 rings (SSSR count). The van der Waals surface area contributed by atoms with Gasteiger partial charge in [-0.2, -0.15) is 0 Å². The van der Waals surface area contributed by atoms with Crippen LogP contribution < -0.4 is 5.32 Å². The first-order valence-corrected chi connectivity index (χ1v) is 6.25. The van der Waals surface area contributed by atoms with Crippen molar-refractivity contribution in [2.24, 2.45) is 5.92 Å². The molecule has 0 aliphatic carbocycles. The van der Waals surface area contributed by atoms with Crippen molar-refractivity contribution in [2.45, 2.75) is 13.0 Å². The van der Waals surface area contributed by atoms with Crippen LogP contribution in [0.1, 0.15) is 12.0 Å². The topological polar surface area (TPSA) is 15.3 Å². The number of benzene rings is 1. The first-order chi connectivity index (χ1) is 7.74. The molecule has 1 unspecified atom stereocenters. The summed E-state index contributed by atoms with van der Waals surface area (Å²) in [6.07, 6.45) is 1.32. The molecule has 1 N–H and O–H groups in total. The highest BCUT2D eigenvalue weighted by molar-refractivity contribution is 6.30. The Morgan fingerprint density at radius 1 is 1.50 bits per heavy atom. The third-order valence-corrected chi connectivity index (χ3v) is 3.38. The maximum Gasteiger partial charge on any atom is 0.0409 e. The maximum atomic E-state index is 5.94. The highest BCUT2D eigenvalue weighted by atomic mass is 35.5. The average Bonchev–Trinajstić information content (AvgIpc) is 2.64. The Morgan fingerprint density at radius 2 is 2.38 bits per heavy atom. The molecule has 1 aromatic rings. The molecular weight excluding hydrogens is 220 g/mol. The molecule has 2 nitrogen and oxygen atoms in total. The first-order valence-electron chi connectivity index (χ1n) is 5.88. The Balaban J connectivity index is 1.72. The lowest BCUT2D eigenvalue weighted by atomic mass is 10.1. The molecule has 88 valence electrons. The average molecular weight is 239 g/mol. The molecule has 1 saturated heterocycles. The van der Waals surface area contributed by atoms with Gasteiger partial charge < -0.3 is 10.2 Å². The number of hydrogen-bond donors (Lipinski definition) is 1. The van der Waals surface area contributed by atoms with E-state index in [0.717, 1.165) is 24.0 Å². The zero-order chi connectivity index (χ0) is 11.4. The predicted molar refractivity (Wildman–Crippen MR) is 68.8 cm³/mol. The van der Waals surface area contributed by atoms with E-state index in [2.05, 4.69) is 23.3 Å². The normalized spacial score (nSPS) is 21.5. The minimum atomic E-state index is 0.809. The molecule has 16 heavy (non-hydrogen) atoms. The van der Waals surface area contributed by atoms with Crippen LogP contribution >= 0.6 is 11.6 Å². The highest BCUT2D eigenvalue weighted by Crippen LogP contribution is 2.14. The van der Waals surface area contributed by atoms with Crippen LogP contribution in [0.15, 0.2) is 24.3 Å². The number of hydrogen-bond acceptors (Lipinski definition) is 2. The van der Waals surface area contributed by atoms with Crippen molar-refractivity contribution in [2.75, 3.05) is 26.7 Å². The Morgan fingerprint density at radius 3 is 3.06 bits per heavy atom. The molecule has 0 spiro atoms. The molecule has 3 heteroatoms. The maximum absolute atomic E-state index is 5.94. The van der Waals surface area contributed by atoms with Crippen molar-refractivity contribution in [1.82, 2.24) is 10.2 Å². The van der Waals surface area contributed by atoms with Crippen LogP contribution in [0.5, 0.6) is 0 Å². The third kappa shape index (κ3) is 3.48. The summed E-state index contributed by atoms with van der Waals surface area (Å²) in [5, 5.41) is 4.33. The van der Waals surface area contributed by atoms with Gasteiger partial charge in [0.1, 0.15) is 0 Å². The summed E-state index contributed by atoms with van der Waals surface area (Å²) >= 11 is 5.94. The molecule has 0 aromatic heterocycles. The molecule has 1 heterocycles. The van der Waals surface area contributed by atoms with Crippen LogP contribution in [0.2, 0.25) is 5.02 Å². The van der Waals surface area contributed by atoms with Gasteiger partial charge in [-0.15, -0.1) is 0 Å². The summed E-state index contributed by atoms with van der Waals surface area (Å²) in [4.78, 5) is 2.39. The summed E-state index contributed by atoms with van der Waals surface area (Å²) in [6, 6.07) is 8.05. The summed E-state index contributed by atoms with van der Waals surface area (Å²) in [5.74, 6) is 0.809. The zero-order valence-corrected chi connectivity index (χ0v) is 10.5. The second-order valence-electron chi connectivity index (χ2n) is 4.68. The van der Waals surface area contributed by atoms with Gasteiger partial charge >= 0.3 is 0 Å². The van der Waals surface area contributed by atoms with Crippen molar-refractivity contribution in [3.8, 4) is 0 Å². The van der Waals surface area contributed by atoms with Gasteiger partial charge in [0.25, 0.3) is 0 Å². The zero-order valence-electron chi connectivity index (χ0n) is 9.75. The van der Waals surface area contributed by atoms with Crippen LogP contribution in [0.3, 0.4) is 0 Å². The standard InChI is InChI=1S/C13H19ClN2/c1-16-6-5-12(10-16)9-15-8-11-3-2-4-13(14)7-11/h2-4,7,12,15H,5-6,8-10H2,1H3. The van der Waals surface area contributed by atoms with Crippen molar-refractivity contribution < 1.29 is 0 Å². The highest BCUT2D eigenvalue weighted by Gasteiger charge is 2.18. The molecule has 1 aliphatic heterocycles. The number of nitrogens with one attached hydrogen (secondary N) is 1. The van der Waals surface area contributed by atoms with E-state index in [0.29, 0.717) is 0 Å². The minimum Gasteiger partial charge on any atom is -0.312 e. The van der Waals surface area contributed by atoms with E-state index in [1.807, 2.05) is 18.2 Å². The van der Waals surface area contributed by atoms with Gasteiger partial charge in [0, 0.05) is 18.1 Å². The van der Waals surface area contributed by atoms with Crippen LogP contribution in [0.25, 0.3) is 0 Å². The quantitative estimate of drug-likeness (QED) is 0.867. The fourth-order valence-electron chi connectivity index (χ4n) is 2.26. The molecule has 0 saturated carbocycles. The van der Waals surface area contributed by atoms with Gasteiger partial charge in [-0.25, -0.2) is 0 Å². The second-order valence-corrected chi connectivity index (χ2v) is 5.11. The fourth-order valence-corrected chi connectivity index (χ4v) is 2.47. The SMILES string of the molecule is CN1CCC(CNCc2cccc(Cl)c2)C1. The van der Waals surface area contributed by atoms with E-state index in [1.54, 1.807) is 0 Å². The number of nitrogens with zero attached hydrogens (tertiary/aromatic N) is 1. The number of likely N-dealkylation sites (tertiary alicyclic amines) is 1. The van der Waals surface area contributed by atoms with E-state index in [-0.39, 0.29) is 0 Å². The second kappa shape index (κ2) is 5.67. The summed E-state index contributed by atoms with van der Waals surface area (Å²) < 4.78 is 0. The summed E-state index contributed by atoms with van der Waals surface area (Å²) in [6.45, 7) is 4.49. The smallest absolute Gasteiger partial charge is 0.0409 e. The molecule has 1 aliphatic rings. The summed E-state index contributed by atoms with van der Waals surface area (Å²) in [5.41, 5.74) is 1.26. The molecule has 1 fully saturated rings. The van der Waals surface area contributed by atoms with Crippen LogP contribution in [-0.2, 0) is 6.54 Å². The van der Waals surface area contributed by atoms with Crippen molar-refractivity contribution in [3.63, 3.8) is 0 Å². The van der Waals surface area contributed by atoms with E-state index in [9.17, 15) is 0 Å². The molecule has 0 radical (unpaired) electrons. The van der Waals surface area contributed by atoms with Gasteiger partial charge in [-0.05, 0) is 50.2 Å². The Bertz CT molecular complexity index is 340. The minimum absolute atomic E-state index is 0.809. The van der Waals surface area contributed by atoms with Crippen LogP contribution in [-0.4, -0.2) is 31.6 Å². The van der Waals surface area contributed by atoms with Crippen molar-refractivity contribution >= 4 is 11.6 Å².